The van der Waals surface area contributed by atoms with Crippen LogP contribution in [0.5, 0.6) is 0 Å². The van der Waals surface area contributed by atoms with E-state index in [1.54, 1.807) is 24.3 Å². The third kappa shape index (κ3) is 5.07. The van der Waals surface area contributed by atoms with Gasteiger partial charge in [-0.1, -0.05) is 26.7 Å². The van der Waals surface area contributed by atoms with Crippen molar-refractivity contribution in [3.8, 4) is 0 Å². The van der Waals surface area contributed by atoms with E-state index in [4.69, 9.17) is 4.74 Å². The van der Waals surface area contributed by atoms with E-state index in [0.717, 1.165) is 12.8 Å². The van der Waals surface area contributed by atoms with Crippen LogP contribution in [0.4, 0.5) is 5.69 Å². The van der Waals surface area contributed by atoms with E-state index in [1.807, 2.05) is 4.90 Å². The van der Waals surface area contributed by atoms with Gasteiger partial charge < -0.3 is 15.0 Å². The highest BCUT2D eigenvalue weighted by molar-refractivity contribution is 5.96. The van der Waals surface area contributed by atoms with Crippen LogP contribution in [0.3, 0.4) is 0 Å². The van der Waals surface area contributed by atoms with Crippen LogP contribution in [-0.4, -0.2) is 47.7 Å². The van der Waals surface area contributed by atoms with Gasteiger partial charge in [-0.05, 0) is 49.4 Å². The van der Waals surface area contributed by atoms with Crippen molar-refractivity contribution in [2.24, 2.45) is 17.8 Å². The van der Waals surface area contributed by atoms with Gasteiger partial charge in [-0.15, -0.1) is 0 Å². The third-order valence-corrected chi connectivity index (χ3v) is 6.48. The molecule has 1 aliphatic carbocycles. The molecule has 3 rings (SSSR count). The van der Waals surface area contributed by atoms with Gasteiger partial charge in [0, 0.05) is 30.3 Å². The summed E-state index contributed by atoms with van der Waals surface area (Å²) in [6.07, 6.45) is 3.40. The lowest BCUT2D eigenvalue weighted by Gasteiger charge is -2.39. The van der Waals surface area contributed by atoms with Crippen molar-refractivity contribution in [2.45, 2.75) is 52.5 Å². The van der Waals surface area contributed by atoms with E-state index in [9.17, 15) is 19.2 Å². The molecule has 1 N–H and O–H groups in total. The molecule has 1 aliphatic heterocycles. The maximum atomic E-state index is 12.5. The van der Waals surface area contributed by atoms with Gasteiger partial charge >= 0.3 is 5.97 Å². The molecule has 2 amide bonds. The summed E-state index contributed by atoms with van der Waals surface area (Å²) in [7, 11) is 0. The molecule has 4 atom stereocenters. The lowest BCUT2D eigenvalue weighted by molar-refractivity contribution is -0.151. The number of ketones is 1. The molecular formula is C23H30N2O5. The average molecular weight is 415 g/mol. The van der Waals surface area contributed by atoms with Gasteiger partial charge in [0.05, 0.1) is 5.92 Å². The lowest BCUT2D eigenvalue weighted by Crippen LogP contribution is -2.45. The molecule has 30 heavy (non-hydrogen) atoms. The molecule has 7 nitrogen and oxygen atoms in total. The predicted octanol–water partition coefficient (Wildman–Crippen LogP) is 3.04. The first kappa shape index (κ1) is 22.0. The Labute approximate surface area is 177 Å². The van der Waals surface area contributed by atoms with Gasteiger partial charge in [0.2, 0.25) is 5.91 Å². The third-order valence-electron chi connectivity index (χ3n) is 6.48. The zero-order chi connectivity index (χ0) is 21.8. The molecule has 1 heterocycles. The highest BCUT2D eigenvalue weighted by Gasteiger charge is 2.42. The van der Waals surface area contributed by atoms with E-state index in [0.29, 0.717) is 29.6 Å². The van der Waals surface area contributed by atoms with Crippen molar-refractivity contribution in [1.82, 2.24) is 4.90 Å². The van der Waals surface area contributed by atoms with Crippen molar-refractivity contribution >= 4 is 29.3 Å². The van der Waals surface area contributed by atoms with Crippen LogP contribution in [0.2, 0.25) is 0 Å². The number of carbonyl (C=O) groups is 4. The number of carbonyl (C=O) groups excluding carboxylic acids is 4. The number of nitrogens with zero attached hydrogens (tertiary/aromatic N) is 1. The smallest absolute Gasteiger partial charge is 0.311 e. The summed E-state index contributed by atoms with van der Waals surface area (Å²) in [5, 5.41) is 2.63. The molecule has 1 aromatic rings. The maximum Gasteiger partial charge on any atom is 0.311 e. The van der Waals surface area contributed by atoms with E-state index in [1.165, 1.54) is 13.3 Å². The molecule has 162 valence electrons. The molecule has 0 spiro atoms. The highest BCUT2D eigenvalue weighted by Crippen LogP contribution is 2.35. The van der Waals surface area contributed by atoms with Crippen molar-refractivity contribution < 1.29 is 23.9 Å². The van der Waals surface area contributed by atoms with E-state index < -0.39 is 24.4 Å². The second-order valence-corrected chi connectivity index (χ2v) is 8.57. The molecule has 1 aromatic carbocycles. The largest absolute Gasteiger partial charge is 0.455 e. The Kier molecular flexibility index (Phi) is 6.90. The monoisotopic (exact) mass is 414 g/mol. The van der Waals surface area contributed by atoms with Crippen molar-refractivity contribution in [2.75, 3.05) is 18.5 Å². The first-order valence-corrected chi connectivity index (χ1v) is 10.6. The van der Waals surface area contributed by atoms with Crippen LogP contribution in [0.25, 0.3) is 0 Å². The zero-order valence-electron chi connectivity index (χ0n) is 17.8. The minimum atomic E-state index is -0.524. The number of hydrogen-bond acceptors (Lipinski definition) is 5. The average Bonchev–Trinajstić information content (AvgIpc) is 3.10. The predicted molar refractivity (Wildman–Crippen MR) is 112 cm³/mol. The standard InChI is InChI=1S/C23H30N2O5/c1-14-5-4-6-20(15(14)2)25-12-18(11-22(25)28)23(29)30-13-21(27)24-19-9-7-17(8-10-19)16(3)26/h7-10,14-15,18,20H,4-6,11-13H2,1-3H3,(H,24,27)/t14-,15+,18+,20-/m0/s1. The summed E-state index contributed by atoms with van der Waals surface area (Å²) in [5.41, 5.74) is 1.07. The number of benzene rings is 1. The molecular weight excluding hydrogens is 384 g/mol. The Bertz CT molecular complexity index is 819. The van der Waals surface area contributed by atoms with Crippen molar-refractivity contribution in [3.05, 3.63) is 29.8 Å². The van der Waals surface area contributed by atoms with E-state index >= 15 is 0 Å². The SMILES string of the molecule is CC(=O)c1ccc(NC(=O)COC(=O)[C@@H]2CC(=O)N([C@H]3CCC[C@H](C)[C@H]3C)C2)cc1. The quantitative estimate of drug-likeness (QED) is 0.570. The van der Waals surface area contributed by atoms with E-state index in [2.05, 4.69) is 19.2 Å². The van der Waals surface area contributed by atoms with Crippen LogP contribution in [-0.2, 0) is 19.1 Å². The number of anilines is 1. The first-order chi connectivity index (χ1) is 14.3. The molecule has 0 unspecified atom stereocenters. The zero-order valence-corrected chi connectivity index (χ0v) is 17.8. The number of rotatable bonds is 6. The fraction of sp³-hybridized carbons (Fsp3) is 0.565. The normalized spacial score (nSPS) is 26.4. The van der Waals surface area contributed by atoms with Gasteiger partial charge in [0.15, 0.2) is 12.4 Å². The summed E-state index contributed by atoms with van der Waals surface area (Å²) in [6, 6.07) is 6.67. The second-order valence-electron chi connectivity index (χ2n) is 8.57. The fourth-order valence-corrected chi connectivity index (χ4v) is 4.44. The van der Waals surface area contributed by atoms with Gasteiger partial charge in [0.25, 0.3) is 5.91 Å². The molecule has 7 heteroatoms. The summed E-state index contributed by atoms with van der Waals surface area (Å²) in [6.45, 7) is 5.83. The van der Waals surface area contributed by atoms with Gasteiger partial charge in [-0.25, -0.2) is 0 Å². The molecule has 2 fully saturated rings. The topological polar surface area (TPSA) is 92.8 Å². The minimum absolute atomic E-state index is 0.00193. The van der Waals surface area contributed by atoms with Crippen LogP contribution < -0.4 is 5.32 Å². The van der Waals surface area contributed by atoms with Crippen molar-refractivity contribution in [1.29, 1.82) is 0 Å². The minimum Gasteiger partial charge on any atom is -0.455 e. The lowest BCUT2D eigenvalue weighted by atomic mass is 9.77. The summed E-state index contributed by atoms with van der Waals surface area (Å²) in [4.78, 5) is 50.1. The number of amides is 2. The van der Waals surface area contributed by atoms with Crippen LogP contribution in [0, 0.1) is 17.8 Å². The van der Waals surface area contributed by atoms with Crippen LogP contribution >= 0.6 is 0 Å². The summed E-state index contributed by atoms with van der Waals surface area (Å²) < 4.78 is 5.17. The maximum absolute atomic E-state index is 12.5. The Morgan fingerprint density at radius 2 is 1.83 bits per heavy atom. The van der Waals surface area contributed by atoms with Crippen molar-refractivity contribution in [3.63, 3.8) is 0 Å². The number of Topliss-reactive ketones (excluding diaryl/α,β-unsaturated/α-hetero) is 1. The van der Waals surface area contributed by atoms with E-state index in [-0.39, 0.29) is 24.2 Å². The Morgan fingerprint density at radius 1 is 1.13 bits per heavy atom. The molecule has 2 aliphatic rings. The number of nitrogens with one attached hydrogen (secondary N) is 1. The highest BCUT2D eigenvalue weighted by atomic mass is 16.5. The molecule has 0 radical (unpaired) electrons. The van der Waals surface area contributed by atoms with Crippen LogP contribution in [0.1, 0.15) is 56.8 Å². The molecule has 1 saturated heterocycles. The Balaban J connectivity index is 1.48. The fourth-order valence-electron chi connectivity index (χ4n) is 4.44. The number of ether oxygens (including phenoxy) is 1. The van der Waals surface area contributed by atoms with Gasteiger partial charge in [-0.2, -0.15) is 0 Å². The summed E-state index contributed by atoms with van der Waals surface area (Å²) in [5.74, 6) is -0.575. The van der Waals surface area contributed by atoms with Gasteiger partial charge in [-0.3, -0.25) is 19.2 Å². The first-order valence-electron chi connectivity index (χ1n) is 10.6. The molecule has 0 bridgehead atoms. The Hall–Kier alpha value is -2.70. The summed E-state index contributed by atoms with van der Waals surface area (Å²) >= 11 is 0. The van der Waals surface area contributed by atoms with Gasteiger partial charge in [0.1, 0.15) is 0 Å². The molecule has 0 aromatic heterocycles. The Morgan fingerprint density at radius 3 is 2.50 bits per heavy atom. The second kappa shape index (κ2) is 9.41. The molecule has 1 saturated carbocycles. The van der Waals surface area contributed by atoms with Crippen LogP contribution in [0.15, 0.2) is 24.3 Å². The number of likely N-dealkylation sites (tertiary alicyclic amines) is 1. The number of hydrogen-bond donors (Lipinski definition) is 1. The number of esters is 1.